The molecule has 0 aliphatic carbocycles. The van der Waals surface area contributed by atoms with Crippen LogP contribution < -0.4 is 10.1 Å². The van der Waals surface area contributed by atoms with Crippen LogP contribution in [0.3, 0.4) is 0 Å². The molecule has 1 heterocycles. The van der Waals surface area contributed by atoms with Crippen LogP contribution in [0, 0.1) is 6.92 Å². The van der Waals surface area contributed by atoms with E-state index in [1.54, 1.807) is 7.11 Å². The molecule has 0 bridgehead atoms. The predicted molar refractivity (Wildman–Crippen MR) is 83.5 cm³/mol. The lowest BCUT2D eigenvalue weighted by Gasteiger charge is -2.09. The summed E-state index contributed by atoms with van der Waals surface area (Å²) >= 11 is 1.50. The van der Waals surface area contributed by atoms with E-state index in [2.05, 4.69) is 15.0 Å². The molecule has 0 saturated heterocycles. The lowest BCUT2D eigenvalue weighted by molar-refractivity contribution is -0.140. The minimum absolute atomic E-state index is 0.224. The first kappa shape index (κ1) is 15.3. The van der Waals surface area contributed by atoms with Crippen molar-refractivity contribution in [3.8, 4) is 5.75 Å². The average molecular weight is 306 g/mol. The van der Waals surface area contributed by atoms with Gasteiger partial charge in [0, 0.05) is 11.8 Å². The Morgan fingerprint density at radius 1 is 1.38 bits per heavy atom. The molecule has 0 aliphatic rings. The quantitative estimate of drug-likeness (QED) is 0.830. The van der Waals surface area contributed by atoms with Crippen LogP contribution in [0.15, 0.2) is 23.6 Å². The maximum atomic E-state index is 11.1. The molecule has 1 N–H and O–H groups in total. The van der Waals surface area contributed by atoms with Gasteiger partial charge in [0.2, 0.25) is 0 Å². The van der Waals surface area contributed by atoms with Crippen molar-refractivity contribution in [2.45, 2.75) is 19.8 Å². The third-order valence-electron chi connectivity index (χ3n) is 2.96. The van der Waals surface area contributed by atoms with E-state index in [9.17, 15) is 4.79 Å². The minimum atomic E-state index is -0.224. The number of aryl methyl sites for hydroxylation is 2. The molecule has 0 saturated carbocycles. The van der Waals surface area contributed by atoms with Crippen molar-refractivity contribution in [1.29, 1.82) is 0 Å². The van der Waals surface area contributed by atoms with Gasteiger partial charge in [0.05, 0.1) is 32.0 Å². The normalized spacial score (nSPS) is 10.2. The van der Waals surface area contributed by atoms with Crippen molar-refractivity contribution >= 4 is 28.1 Å². The highest BCUT2D eigenvalue weighted by atomic mass is 32.1. The summed E-state index contributed by atoms with van der Waals surface area (Å²) in [5.74, 6) is 0.546. The van der Waals surface area contributed by atoms with E-state index < -0.39 is 0 Å². The molecule has 2 aromatic rings. The van der Waals surface area contributed by atoms with E-state index >= 15 is 0 Å². The molecule has 2 rings (SSSR count). The number of aromatic nitrogens is 1. The molecule has 0 radical (unpaired) electrons. The largest absolute Gasteiger partial charge is 0.495 e. The molecule has 1 aromatic heterocycles. The summed E-state index contributed by atoms with van der Waals surface area (Å²) < 4.78 is 9.95. The summed E-state index contributed by atoms with van der Waals surface area (Å²) in [6, 6.07) is 5.92. The summed E-state index contributed by atoms with van der Waals surface area (Å²) in [7, 11) is 3.03. The Bertz CT molecular complexity index is 625. The molecule has 112 valence electrons. The Balaban J connectivity index is 2.05. The number of rotatable bonds is 6. The molecule has 21 heavy (non-hydrogen) atoms. The number of thiazole rings is 1. The van der Waals surface area contributed by atoms with E-state index in [-0.39, 0.29) is 5.97 Å². The molecule has 0 spiro atoms. The minimum Gasteiger partial charge on any atom is -0.495 e. The zero-order valence-corrected chi connectivity index (χ0v) is 13.1. The zero-order valence-electron chi connectivity index (χ0n) is 12.3. The van der Waals surface area contributed by atoms with Crippen LogP contribution in [0.5, 0.6) is 5.75 Å². The average Bonchev–Trinajstić information content (AvgIpc) is 2.92. The number of hydrogen-bond acceptors (Lipinski definition) is 6. The molecule has 0 aliphatic heterocycles. The van der Waals surface area contributed by atoms with Crippen LogP contribution >= 0.6 is 11.3 Å². The number of carbonyl (C=O) groups is 1. The monoisotopic (exact) mass is 306 g/mol. The van der Waals surface area contributed by atoms with Crippen molar-refractivity contribution in [2.24, 2.45) is 0 Å². The van der Waals surface area contributed by atoms with Gasteiger partial charge in [0.1, 0.15) is 5.75 Å². The van der Waals surface area contributed by atoms with Crippen LogP contribution in [0.2, 0.25) is 0 Å². The lowest BCUT2D eigenvalue weighted by atomic mass is 10.2. The Morgan fingerprint density at radius 3 is 2.90 bits per heavy atom. The second-order valence-corrected chi connectivity index (χ2v) is 5.41. The highest BCUT2D eigenvalue weighted by Gasteiger charge is 2.08. The van der Waals surface area contributed by atoms with Crippen LogP contribution in [0.25, 0.3) is 0 Å². The van der Waals surface area contributed by atoms with Crippen molar-refractivity contribution in [1.82, 2.24) is 4.98 Å². The topological polar surface area (TPSA) is 60.5 Å². The lowest BCUT2D eigenvalue weighted by Crippen LogP contribution is -2.02. The SMILES string of the molecule is COC(=O)CCc1csc(Nc2cc(C)ccc2OC)n1. The number of benzene rings is 1. The van der Waals surface area contributed by atoms with Crippen molar-refractivity contribution in [3.05, 3.63) is 34.8 Å². The number of carbonyl (C=O) groups excluding carboxylic acids is 1. The second kappa shape index (κ2) is 7.08. The molecule has 1 aromatic carbocycles. The zero-order chi connectivity index (χ0) is 15.2. The Morgan fingerprint density at radius 2 is 2.19 bits per heavy atom. The van der Waals surface area contributed by atoms with Gasteiger partial charge in [-0.15, -0.1) is 11.3 Å². The molecular formula is C15H18N2O3S. The molecule has 0 fully saturated rings. The highest BCUT2D eigenvalue weighted by Crippen LogP contribution is 2.30. The number of ether oxygens (including phenoxy) is 2. The fourth-order valence-electron chi connectivity index (χ4n) is 1.85. The fourth-order valence-corrected chi connectivity index (χ4v) is 2.60. The number of nitrogens with one attached hydrogen (secondary N) is 1. The molecule has 0 atom stereocenters. The molecule has 0 amide bonds. The summed E-state index contributed by atoms with van der Waals surface area (Å²) in [6.45, 7) is 2.02. The molecule has 0 unspecified atom stereocenters. The van der Waals surface area contributed by atoms with Crippen LogP contribution in [-0.4, -0.2) is 25.2 Å². The maximum absolute atomic E-state index is 11.1. The van der Waals surface area contributed by atoms with E-state index in [1.165, 1.54) is 18.4 Å². The summed E-state index contributed by atoms with van der Waals surface area (Å²) in [5, 5.41) is 5.97. The third kappa shape index (κ3) is 4.19. The number of anilines is 2. The van der Waals surface area contributed by atoms with E-state index in [0.717, 1.165) is 27.8 Å². The van der Waals surface area contributed by atoms with Crippen molar-refractivity contribution in [3.63, 3.8) is 0 Å². The third-order valence-corrected chi connectivity index (χ3v) is 3.77. The van der Waals surface area contributed by atoms with Crippen molar-refractivity contribution in [2.75, 3.05) is 19.5 Å². The van der Waals surface area contributed by atoms with Crippen LogP contribution in [0.4, 0.5) is 10.8 Å². The van der Waals surface area contributed by atoms with Crippen LogP contribution in [0.1, 0.15) is 17.7 Å². The van der Waals surface area contributed by atoms with E-state index in [4.69, 9.17) is 4.74 Å². The smallest absolute Gasteiger partial charge is 0.305 e. The Kier molecular flexibility index (Phi) is 5.16. The van der Waals surface area contributed by atoms with Crippen molar-refractivity contribution < 1.29 is 14.3 Å². The first-order valence-electron chi connectivity index (χ1n) is 6.55. The van der Waals surface area contributed by atoms with Gasteiger partial charge >= 0.3 is 5.97 Å². The number of nitrogens with zero attached hydrogens (tertiary/aromatic N) is 1. The Labute approximate surface area is 127 Å². The van der Waals surface area contributed by atoms with Crippen LogP contribution in [-0.2, 0) is 16.0 Å². The number of esters is 1. The van der Waals surface area contributed by atoms with Gasteiger partial charge in [-0.1, -0.05) is 6.07 Å². The van der Waals surface area contributed by atoms with Gasteiger partial charge in [-0.05, 0) is 24.6 Å². The van der Waals surface area contributed by atoms with Gasteiger partial charge in [0.15, 0.2) is 5.13 Å². The van der Waals surface area contributed by atoms with Gasteiger partial charge in [-0.3, -0.25) is 4.79 Å². The number of methoxy groups -OCH3 is 2. The highest BCUT2D eigenvalue weighted by molar-refractivity contribution is 7.13. The van der Waals surface area contributed by atoms with Gasteiger partial charge in [-0.25, -0.2) is 4.98 Å². The van der Waals surface area contributed by atoms with Gasteiger partial charge in [0.25, 0.3) is 0 Å². The van der Waals surface area contributed by atoms with E-state index in [1.807, 2.05) is 30.5 Å². The van der Waals surface area contributed by atoms with Gasteiger partial charge in [-0.2, -0.15) is 0 Å². The molecule has 5 nitrogen and oxygen atoms in total. The maximum Gasteiger partial charge on any atom is 0.305 e. The number of hydrogen-bond donors (Lipinski definition) is 1. The molecular weight excluding hydrogens is 288 g/mol. The van der Waals surface area contributed by atoms with Gasteiger partial charge < -0.3 is 14.8 Å². The summed E-state index contributed by atoms with van der Waals surface area (Å²) in [5.41, 5.74) is 2.90. The van der Waals surface area contributed by atoms with E-state index in [0.29, 0.717) is 12.8 Å². The predicted octanol–water partition coefficient (Wildman–Crippen LogP) is 3.31. The fraction of sp³-hybridized carbons (Fsp3) is 0.333. The first-order chi connectivity index (χ1) is 10.1. The standard InChI is InChI=1S/C15H18N2O3S/c1-10-4-6-13(19-2)12(8-10)17-15-16-11(9-21-15)5-7-14(18)20-3/h4,6,8-9H,5,7H2,1-3H3,(H,16,17). The Hall–Kier alpha value is -2.08. The summed E-state index contributed by atoms with van der Waals surface area (Å²) in [4.78, 5) is 15.6. The first-order valence-corrected chi connectivity index (χ1v) is 7.43. The second-order valence-electron chi connectivity index (χ2n) is 4.55. The molecule has 6 heteroatoms. The summed E-state index contributed by atoms with van der Waals surface area (Å²) in [6.07, 6.45) is 0.920.